The quantitative estimate of drug-likeness (QED) is 0.835. The molecule has 1 atom stereocenters. The minimum atomic E-state index is -0.186. The van der Waals surface area contributed by atoms with Gasteiger partial charge in [0.2, 0.25) is 0 Å². The molecule has 1 aromatic carbocycles. The van der Waals surface area contributed by atoms with E-state index < -0.39 is 0 Å². The highest BCUT2D eigenvalue weighted by Crippen LogP contribution is 2.12. The number of amidine groups is 1. The predicted octanol–water partition coefficient (Wildman–Crippen LogP) is 1.66. The van der Waals surface area contributed by atoms with Crippen molar-refractivity contribution in [2.75, 3.05) is 7.05 Å². The molecule has 5 heteroatoms. The van der Waals surface area contributed by atoms with Gasteiger partial charge in [-0.15, -0.1) is 10.2 Å². The van der Waals surface area contributed by atoms with Crippen LogP contribution in [0.15, 0.2) is 29.4 Å². The summed E-state index contributed by atoms with van der Waals surface area (Å²) in [5, 5.41) is 5.88. The smallest absolute Gasteiger partial charge is 0.142 e. The van der Waals surface area contributed by atoms with Gasteiger partial charge in [-0.25, -0.2) is 9.93 Å². The van der Waals surface area contributed by atoms with Gasteiger partial charge < -0.3 is 0 Å². The van der Waals surface area contributed by atoms with Gasteiger partial charge in [-0.05, 0) is 30.5 Å². The third-order valence-corrected chi connectivity index (χ3v) is 2.85. The maximum absolute atomic E-state index is 12.7. The molecule has 17 heavy (non-hydrogen) atoms. The average Bonchev–Trinajstić information content (AvgIpc) is 2.75. The number of benzene rings is 1. The lowest BCUT2D eigenvalue weighted by molar-refractivity contribution is 0.230. The Morgan fingerprint density at radius 3 is 2.65 bits per heavy atom. The van der Waals surface area contributed by atoms with Gasteiger partial charge in [0.1, 0.15) is 11.7 Å². The van der Waals surface area contributed by atoms with Crippen molar-refractivity contribution in [1.29, 1.82) is 0 Å². The Morgan fingerprint density at radius 2 is 2.06 bits per heavy atom. The molecular formula is C12H17FN4. The van der Waals surface area contributed by atoms with Crippen LogP contribution in [0, 0.1) is 11.7 Å². The number of hydrazone groups is 1. The number of rotatable bonds is 4. The fourth-order valence-electron chi connectivity index (χ4n) is 1.74. The van der Waals surface area contributed by atoms with E-state index in [2.05, 4.69) is 23.0 Å². The topological polar surface area (TPSA) is 39.7 Å². The molecule has 1 aliphatic heterocycles. The summed E-state index contributed by atoms with van der Waals surface area (Å²) in [5.74, 6) is 1.10. The van der Waals surface area contributed by atoms with Gasteiger partial charge in [0.25, 0.3) is 0 Å². The second-order valence-corrected chi connectivity index (χ2v) is 4.33. The summed E-state index contributed by atoms with van der Waals surface area (Å²) in [5.41, 5.74) is 7.08. The Morgan fingerprint density at radius 1 is 1.35 bits per heavy atom. The number of hydrogen-bond donors (Lipinski definition) is 2. The van der Waals surface area contributed by atoms with Crippen LogP contribution < -0.4 is 11.0 Å². The highest BCUT2D eigenvalue weighted by atomic mass is 19.1. The van der Waals surface area contributed by atoms with E-state index >= 15 is 0 Å². The molecule has 0 spiro atoms. The van der Waals surface area contributed by atoms with E-state index in [-0.39, 0.29) is 5.82 Å². The Bertz CT molecular complexity index is 401. The van der Waals surface area contributed by atoms with E-state index in [9.17, 15) is 4.39 Å². The van der Waals surface area contributed by atoms with Gasteiger partial charge in [0.05, 0.1) is 0 Å². The summed E-state index contributed by atoms with van der Waals surface area (Å²) in [4.78, 5) is 0. The Kier molecular flexibility index (Phi) is 3.58. The molecular weight excluding hydrogens is 219 g/mol. The first kappa shape index (κ1) is 11.9. The zero-order chi connectivity index (χ0) is 12.3. The molecule has 1 heterocycles. The van der Waals surface area contributed by atoms with Crippen LogP contribution in [0.2, 0.25) is 0 Å². The van der Waals surface area contributed by atoms with Crippen molar-refractivity contribution in [2.45, 2.75) is 19.8 Å². The number of hydrogen-bond acceptors (Lipinski definition) is 4. The molecule has 4 nitrogen and oxygen atoms in total. The summed E-state index contributed by atoms with van der Waals surface area (Å²) in [7, 11) is 1.86. The van der Waals surface area contributed by atoms with E-state index in [0.29, 0.717) is 5.92 Å². The van der Waals surface area contributed by atoms with Gasteiger partial charge in [-0.1, -0.05) is 19.1 Å². The van der Waals surface area contributed by atoms with Gasteiger partial charge in [-0.3, -0.25) is 5.43 Å². The zero-order valence-corrected chi connectivity index (χ0v) is 10.1. The van der Waals surface area contributed by atoms with Crippen LogP contribution in [0.3, 0.4) is 0 Å². The van der Waals surface area contributed by atoms with Crippen LogP contribution in [0.1, 0.15) is 18.9 Å². The second kappa shape index (κ2) is 5.14. The molecule has 0 saturated carbocycles. The van der Waals surface area contributed by atoms with Crippen LogP contribution >= 0.6 is 0 Å². The number of aryl methyl sites for hydroxylation is 1. The summed E-state index contributed by atoms with van der Waals surface area (Å²) in [6.07, 6.45) is 1.90. The Hall–Kier alpha value is -1.62. The van der Waals surface area contributed by atoms with Crippen molar-refractivity contribution in [1.82, 2.24) is 16.1 Å². The number of halogens is 1. The lowest BCUT2D eigenvalue weighted by Crippen LogP contribution is -2.39. The number of nitrogens with one attached hydrogen (secondary N) is 2. The standard InChI is InChI=1S/C12H17FN4/c1-9(12-14-16-17(2)15-12)3-4-10-5-7-11(13)8-6-10/h5-9,16H,3-4H2,1-2H3,(H,14,15). The summed E-state index contributed by atoms with van der Waals surface area (Å²) >= 11 is 0. The van der Waals surface area contributed by atoms with Crippen LogP contribution in [-0.4, -0.2) is 18.0 Å². The van der Waals surface area contributed by atoms with Crippen molar-refractivity contribution < 1.29 is 4.39 Å². The lowest BCUT2D eigenvalue weighted by Gasteiger charge is -2.13. The molecule has 0 saturated heterocycles. The van der Waals surface area contributed by atoms with Crippen molar-refractivity contribution in [3.63, 3.8) is 0 Å². The molecule has 0 fully saturated rings. The highest BCUT2D eigenvalue weighted by Gasteiger charge is 2.16. The fraction of sp³-hybridized carbons (Fsp3) is 0.417. The van der Waals surface area contributed by atoms with Crippen molar-refractivity contribution in [2.24, 2.45) is 11.0 Å². The monoisotopic (exact) mass is 236 g/mol. The Balaban J connectivity index is 1.84. The first-order chi connectivity index (χ1) is 8.15. The van der Waals surface area contributed by atoms with Crippen molar-refractivity contribution in [3.8, 4) is 0 Å². The van der Waals surface area contributed by atoms with Gasteiger partial charge >= 0.3 is 0 Å². The third-order valence-electron chi connectivity index (χ3n) is 2.85. The number of nitrogens with zero attached hydrogens (tertiary/aromatic N) is 2. The molecule has 0 radical (unpaired) electrons. The minimum Gasteiger partial charge on any atom is -0.286 e. The normalized spacial score (nSPS) is 17.2. The predicted molar refractivity (Wildman–Crippen MR) is 65.4 cm³/mol. The molecule has 0 bridgehead atoms. The van der Waals surface area contributed by atoms with Crippen molar-refractivity contribution >= 4 is 5.84 Å². The minimum absolute atomic E-state index is 0.186. The van der Waals surface area contributed by atoms with E-state index in [0.717, 1.165) is 24.2 Å². The zero-order valence-electron chi connectivity index (χ0n) is 10.1. The van der Waals surface area contributed by atoms with Crippen LogP contribution in [0.25, 0.3) is 0 Å². The van der Waals surface area contributed by atoms with E-state index in [1.54, 1.807) is 5.12 Å². The average molecular weight is 236 g/mol. The first-order valence-electron chi connectivity index (χ1n) is 5.73. The van der Waals surface area contributed by atoms with E-state index in [1.807, 2.05) is 19.2 Å². The summed E-state index contributed by atoms with van der Waals surface area (Å²) < 4.78 is 12.7. The SMILES string of the molecule is CC(CCc1ccc(F)cc1)C1=NNN(C)N1. The van der Waals surface area contributed by atoms with Crippen LogP contribution in [0.5, 0.6) is 0 Å². The largest absolute Gasteiger partial charge is 0.286 e. The second-order valence-electron chi connectivity index (χ2n) is 4.33. The molecule has 0 aromatic heterocycles. The molecule has 2 N–H and O–H groups in total. The molecule has 1 aromatic rings. The maximum atomic E-state index is 12.7. The molecule has 0 aliphatic carbocycles. The summed E-state index contributed by atoms with van der Waals surface area (Å²) in [6, 6.07) is 6.66. The highest BCUT2D eigenvalue weighted by molar-refractivity contribution is 5.84. The van der Waals surface area contributed by atoms with E-state index in [4.69, 9.17) is 0 Å². The molecule has 92 valence electrons. The fourth-order valence-corrected chi connectivity index (χ4v) is 1.74. The Labute approximate surface area is 100 Å². The van der Waals surface area contributed by atoms with Crippen LogP contribution in [-0.2, 0) is 6.42 Å². The van der Waals surface area contributed by atoms with Crippen molar-refractivity contribution in [3.05, 3.63) is 35.6 Å². The molecule has 0 amide bonds. The third kappa shape index (κ3) is 3.17. The molecule has 2 rings (SSSR count). The molecule has 1 unspecified atom stereocenters. The van der Waals surface area contributed by atoms with Gasteiger partial charge in [0, 0.05) is 13.0 Å². The lowest BCUT2D eigenvalue weighted by atomic mass is 10.0. The van der Waals surface area contributed by atoms with Gasteiger partial charge in [-0.2, -0.15) is 0 Å². The number of hydrazine groups is 2. The van der Waals surface area contributed by atoms with Gasteiger partial charge in [0.15, 0.2) is 0 Å². The van der Waals surface area contributed by atoms with Crippen LogP contribution in [0.4, 0.5) is 4.39 Å². The first-order valence-corrected chi connectivity index (χ1v) is 5.73. The summed E-state index contributed by atoms with van der Waals surface area (Å²) in [6.45, 7) is 2.12. The molecule has 1 aliphatic rings. The van der Waals surface area contributed by atoms with E-state index in [1.165, 1.54) is 12.1 Å². The maximum Gasteiger partial charge on any atom is 0.142 e.